The normalized spacial score (nSPS) is 18.9. The van der Waals surface area contributed by atoms with Gasteiger partial charge in [-0.3, -0.25) is 19.2 Å². The molecule has 3 fully saturated rings. The summed E-state index contributed by atoms with van der Waals surface area (Å²) in [4.78, 5) is 68.4. The molecule has 0 bridgehead atoms. The van der Waals surface area contributed by atoms with Crippen LogP contribution < -0.4 is 15.4 Å². The first-order valence-corrected chi connectivity index (χ1v) is 15.8. The fraction of sp³-hybridized carbons (Fsp3) is 0.548. The summed E-state index contributed by atoms with van der Waals surface area (Å²) in [6.07, 6.45) is 3.27. The van der Waals surface area contributed by atoms with Crippen LogP contribution in [0.3, 0.4) is 0 Å². The number of likely N-dealkylation sites (tertiary alicyclic amines) is 1. The van der Waals surface area contributed by atoms with Crippen LogP contribution in [0.15, 0.2) is 36.4 Å². The molecule has 15 nitrogen and oxygen atoms in total. The molecule has 1 aliphatic carbocycles. The van der Waals surface area contributed by atoms with E-state index in [0.717, 1.165) is 25.7 Å². The number of rotatable bonds is 12. The van der Waals surface area contributed by atoms with Crippen molar-refractivity contribution in [3.8, 4) is 11.6 Å². The van der Waals surface area contributed by atoms with E-state index in [9.17, 15) is 29.1 Å². The number of carbonyl (C=O) groups is 5. The highest BCUT2D eigenvalue weighted by atomic mass is 16.5. The van der Waals surface area contributed by atoms with Gasteiger partial charge in [-0.25, -0.2) is 9.48 Å². The van der Waals surface area contributed by atoms with Crippen LogP contribution in [0.25, 0.3) is 5.69 Å². The number of aromatic nitrogens is 2. The first-order chi connectivity index (χ1) is 22.2. The zero-order valence-corrected chi connectivity index (χ0v) is 25.9. The van der Waals surface area contributed by atoms with Gasteiger partial charge in [0, 0.05) is 51.4 Å². The maximum absolute atomic E-state index is 13.5. The molecular weight excluding hydrogens is 598 g/mol. The van der Waals surface area contributed by atoms with Crippen molar-refractivity contribution < 1.29 is 38.6 Å². The number of para-hydroxylation sites is 1. The summed E-state index contributed by atoms with van der Waals surface area (Å²) < 4.78 is 12.8. The van der Waals surface area contributed by atoms with Gasteiger partial charge in [0.1, 0.15) is 12.1 Å². The van der Waals surface area contributed by atoms with E-state index in [1.54, 1.807) is 36.1 Å². The second-order valence-electron chi connectivity index (χ2n) is 11.6. The second-order valence-corrected chi connectivity index (χ2v) is 11.6. The summed E-state index contributed by atoms with van der Waals surface area (Å²) in [6, 6.07) is 8.95. The Morgan fingerprint density at radius 1 is 0.978 bits per heavy atom. The lowest BCUT2D eigenvalue weighted by molar-refractivity contribution is -0.140. The summed E-state index contributed by atoms with van der Waals surface area (Å²) >= 11 is 0. The van der Waals surface area contributed by atoms with Gasteiger partial charge in [0.25, 0.3) is 11.8 Å². The molecule has 2 aromatic rings. The van der Waals surface area contributed by atoms with Crippen LogP contribution in [0.1, 0.15) is 49.5 Å². The number of nitrogens with zero attached hydrogens (tertiary/aromatic N) is 5. The van der Waals surface area contributed by atoms with E-state index >= 15 is 0 Å². The minimum atomic E-state index is -1.05. The minimum Gasteiger partial charge on any atom is -0.467 e. The van der Waals surface area contributed by atoms with Crippen LogP contribution in [-0.2, 0) is 19.1 Å². The molecule has 2 aliphatic heterocycles. The van der Waals surface area contributed by atoms with E-state index in [4.69, 9.17) is 9.47 Å². The Bertz CT molecular complexity index is 1400. The molecule has 5 rings (SSSR count). The molecule has 2 saturated heterocycles. The molecule has 3 heterocycles. The molecule has 2 unspecified atom stereocenters. The van der Waals surface area contributed by atoms with Crippen molar-refractivity contribution in [2.75, 3.05) is 52.5 Å². The van der Waals surface area contributed by atoms with E-state index in [1.165, 1.54) is 20.5 Å². The lowest BCUT2D eigenvalue weighted by atomic mass is 9.93. The monoisotopic (exact) mass is 639 g/mol. The molecular formula is C31H41N7O8. The van der Waals surface area contributed by atoms with E-state index in [2.05, 4.69) is 15.7 Å². The first kappa shape index (κ1) is 32.7. The SMILES string of the molecule is CCOCC(NC(=O)c1cc(OCC(=O)N2CCCC2C(=O)NC2CCC2)n(-c2ccccc2)n1)C(=O)N1CCN(C(=O)O)CC1. The lowest BCUT2D eigenvalue weighted by Gasteiger charge is -2.35. The fourth-order valence-electron chi connectivity index (χ4n) is 5.72. The highest BCUT2D eigenvalue weighted by Gasteiger charge is 2.36. The maximum atomic E-state index is 13.5. The predicted octanol–water partition coefficient (Wildman–Crippen LogP) is 0.868. The van der Waals surface area contributed by atoms with Gasteiger partial charge in [-0.05, 0) is 51.2 Å². The predicted molar refractivity (Wildman–Crippen MR) is 164 cm³/mol. The molecule has 1 saturated carbocycles. The first-order valence-electron chi connectivity index (χ1n) is 15.8. The number of piperazine rings is 1. The van der Waals surface area contributed by atoms with Crippen molar-refractivity contribution in [2.24, 2.45) is 0 Å². The topological polar surface area (TPSA) is 176 Å². The van der Waals surface area contributed by atoms with Crippen LogP contribution in [-0.4, -0.2) is 130 Å². The van der Waals surface area contributed by atoms with Crippen LogP contribution in [0.5, 0.6) is 5.88 Å². The van der Waals surface area contributed by atoms with Gasteiger partial charge in [0.15, 0.2) is 12.3 Å². The van der Waals surface area contributed by atoms with Gasteiger partial charge in [0.05, 0.1) is 12.3 Å². The minimum absolute atomic E-state index is 0.0461. The number of carboxylic acid groups (broad SMARTS) is 1. The molecule has 248 valence electrons. The highest BCUT2D eigenvalue weighted by Crippen LogP contribution is 2.23. The molecule has 5 amide bonds. The summed E-state index contributed by atoms with van der Waals surface area (Å²) in [7, 11) is 0. The van der Waals surface area contributed by atoms with Gasteiger partial charge >= 0.3 is 6.09 Å². The summed E-state index contributed by atoms with van der Waals surface area (Å²) in [6.45, 7) is 2.83. The molecule has 0 spiro atoms. The standard InChI is InChI=1S/C31H41N7O8/c1-2-45-19-24(30(42)35-14-16-36(17-15-35)31(43)44)33-28(40)23-18-27(38(34-23)22-10-4-3-5-11-22)46-20-26(39)37-13-7-12-25(37)29(41)32-21-8-6-9-21/h3-5,10-11,18,21,24-25H,2,6-9,12-17,19-20H2,1H3,(H,32,41)(H,33,40)(H,43,44). The van der Waals surface area contributed by atoms with Gasteiger partial charge in [-0.2, -0.15) is 5.10 Å². The van der Waals surface area contributed by atoms with Gasteiger partial charge in [0.2, 0.25) is 17.7 Å². The summed E-state index contributed by atoms with van der Waals surface area (Å²) in [5.41, 5.74) is 0.538. The average Bonchev–Trinajstić information content (AvgIpc) is 3.72. The molecule has 2 atom stereocenters. The van der Waals surface area contributed by atoms with Crippen molar-refractivity contribution in [1.82, 2.24) is 35.1 Å². The van der Waals surface area contributed by atoms with E-state index in [0.29, 0.717) is 25.3 Å². The van der Waals surface area contributed by atoms with Gasteiger partial charge < -0.3 is 39.9 Å². The van der Waals surface area contributed by atoms with Crippen molar-refractivity contribution >= 4 is 29.7 Å². The molecule has 46 heavy (non-hydrogen) atoms. The van der Waals surface area contributed by atoms with Crippen LogP contribution in [0, 0.1) is 0 Å². The molecule has 15 heteroatoms. The smallest absolute Gasteiger partial charge is 0.407 e. The lowest BCUT2D eigenvalue weighted by Crippen LogP contribution is -2.56. The number of benzene rings is 1. The van der Waals surface area contributed by atoms with Crippen molar-refractivity contribution in [3.63, 3.8) is 0 Å². The number of hydrogen-bond acceptors (Lipinski definition) is 8. The van der Waals surface area contributed by atoms with Gasteiger partial charge in [-0.15, -0.1) is 0 Å². The van der Waals surface area contributed by atoms with Crippen molar-refractivity contribution in [2.45, 2.75) is 57.2 Å². The Kier molecular flexibility index (Phi) is 10.7. The Balaban J connectivity index is 1.27. The molecule has 3 N–H and O–H groups in total. The Morgan fingerprint density at radius 3 is 2.35 bits per heavy atom. The third kappa shape index (κ3) is 7.76. The average molecular weight is 640 g/mol. The van der Waals surface area contributed by atoms with Crippen LogP contribution in [0.4, 0.5) is 4.79 Å². The molecule has 1 aromatic heterocycles. The number of amides is 5. The van der Waals surface area contributed by atoms with Crippen molar-refractivity contribution in [3.05, 3.63) is 42.1 Å². The molecule has 3 aliphatic rings. The third-order valence-corrected chi connectivity index (χ3v) is 8.53. The number of hydrogen-bond donors (Lipinski definition) is 3. The zero-order valence-electron chi connectivity index (χ0n) is 25.9. The highest BCUT2D eigenvalue weighted by molar-refractivity contribution is 5.96. The Hall–Kier alpha value is -4.66. The van der Waals surface area contributed by atoms with Crippen molar-refractivity contribution in [1.29, 1.82) is 0 Å². The second kappa shape index (κ2) is 15.1. The molecule has 1 aromatic carbocycles. The fourth-order valence-corrected chi connectivity index (χ4v) is 5.72. The quantitative estimate of drug-likeness (QED) is 0.304. The Morgan fingerprint density at radius 2 is 1.70 bits per heavy atom. The summed E-state index contributed by atoms with van der Waals surface area (Å²) in [5, 5.41) is 19.4. The maximum Gasteiger partial charge on any atom is 0.407 e. The van der Waals surface area contributed by atoms with E-state index in [-0.39, 0.29) is 68.8 Å². The van der Waals surface area contributed by atoms with Crippen LogP contribution in [0.2, 0.25) is 0 Å². The van der Waals surface area contributed by atoms with E-state index < -0.39 is 30.0 Å². The van der Waals surface area contributed by atoms with Gasteiger partial charge in [-0.1, -0.05) is 18.2 Å². The number of nitrogens with one attached hydrogen (secondary N) is 2. The third-order valence-electron chi connectivity index (χ3n) is 8.53. The van der Waals surface area contributed by atoms with Crippen LogP contribution >= 0.6 is 0 Å². The largest absolute Gasteiger partial charge is 0.467 e. The number of ether oxygens (including phenoxy) is 2. The number of carbonyl (C=O) groups excluding carboxylic acids is 4. The molecule has 0 radical (unpaired) electrons. The Labute approximate surface area is 266 Å². The zero-order chi connectivity index (χ0) is 32.6. The van der Waals surface area contributed by atoms with E-state index in [1.807, 2.05) is 6.07 Å². The summed E-state index contributed by atoms with van der Waals surface area (Å²) in [5.74, 6) is -1.39.